The Morgan fingerprint density at radius 1 is 1.00 bits per heavy atom. The Morgan fingerprint density at radius 3 is 2.31 bits per heavy atom. The fourth-order valence-corrected chi connectivity index (χ4v) is 3.16. The van der Waals surface area contributed by atoms with E-state index in [1.165, 1.54) is 11.1 Å². The van der Waals surface area contributed by atoms with Gasteiger partial charge in [0.05, 0.1) is 0 Å². The van der Waals surface area contributed by atoms with Gasteiger partial charge in [0.15, 0.2) is 0 Å². The molecule has 5 N–H and O–H groups in total. The molecule has 0 spiro atoms. The Bertz CT molecular complexity index is 692. The standard InChI is InChI=1S/C19H29N7/c1-13(2)22-18-24-17(21-10-6-5-9-20)25-19(26-18)23-16-11-14-7-3-4-8-15(14)12-16/h3-4,7-8,13,16H,5-6,9-12,20H2,1-2H3,(H3,21,22,23,24,25,26). The molecule has 0 aliphatic heterocycles. The Morgan fingerprint density at radius 2 is 1.65 bits per heavy atom. The molecule has 1 aliphatic rings. The van der Waals surface area contributed by atoms with Gasteiger partial charge in [0.25, 0.3) is 0 Å². The van der Waals surface area contributed by atoms with E-state index >= 15 is 0 Å². The molecule has 140 valence electrons. The number of unbranched alkanes of at least 4 members (excludes halogenated alkanes) is 1. The maximum absolute atomic E-state index is 5.55. The maximum Gasteiger partial charge on any atom is 0.229 e. The minimum absolute atomic E-state index is 0.256. The van der Waals surface area contributed by atoms with Gasteiger partial charge in [0.1, 0.15) is 0 Å². The first-order valence-corrected chi connectivity index (χ1v) is 9.44. The highest BCUT2D eigenvalue weighted by Crippen LogP contribution is 2.24. The van der Waals surface area contributed by atoms with Crippen LogP contribution in [0.25, 0.3) is 0 Å². The van der Waals surface area contributed by atoms with Gasteiger partial charge in [0.2, 0.25) is 17.8 Å². The van der Waals surface area contributed by atoms with E-state index in [9.17, 15) is 0 Å². The summed E-state index contributed by atoms with van der Waals surface area (Å²) < 4.78 is 0. The lowest BCUT2D eigenvalue weighted by Crippen LogP contribution is -2.23. The molecule has 1 aliphatic carbocycles. The van der Waals surface area contributed by atoms with Gasteiger partial charge in [-0.25, -0.2) is 0 Å². The van der Waals surface area contributed by atoms with Crippen LogP contribution in [-0.2, 0) is 12.8 Å². The number of fused-ring (bicyclic) bond motifs is 1. The van der Waals surface area contributed by atoms with Crippen molar-refractivity contribution in [3.63, 3.8) is 0 Å². The van der Waals surface area contributed by atoms with E-state index in [1.54, 1.807) is 0 Å². The molecule has 0 fully saturated rings. The van der Waals surface area contributed by atoms with Crippen LogP contribution in [0.5, 0.6) is 0 Å². The fraction of sp³-hybridized carbons (Fsp3) is 0.526. The SMILES string of the molecule is CC(C)Nc1nc(NCCCCN)nc(NC2Cc3ccccc3C2)n1. The van der Waals surface area contributed by atoms with Crippen molar-refractivity contribution < 1.29 is 0 Å². The summed E-state index contributed by atoms with van der Waals surface area (Å²) in [5.74, 6) is 1.80. The minimum Gasteiger partial charge on any atom is -0.354 e. The summed E-state index contributed by atoms with van der Waals surface area (Å²) in [7, 11) is 0. The monoisotopic (exact) mass is 355 g/mol. The second-order valence-electron chi connectivity index (χ2n) is 7.05. The zero-order valence-corrected chi connectivity index (χ0v) is 15.6. The van der Waals surface area contributed by atoms with Crippen molar-refractivity contribution in [1.82, 2.24) is 15.0 Å². The second-order valence-corrected chi connectivity index (χ2v) is 7.05. The molecule has 0 unspecified atom stereocenters. The predicted molar refractivity (Wildman–Crippen MR) is 107 cm³/mol. The summed E-state index contributed by atoms with van der Waals surface area (Å²) in [5.41, 5.74) is 8.35. The number of rotatable bonds is 9. The number of aromatic nitrogens is 3. The Kier molecular flexibility index (Phi) is 6.22. The van der Waals surface area contributed by atoms with Gasteiger partial charge in [-0.1, -0.05) is 24.3 Å². The normalized spacial score (nSPS) is 13.7. The zero-order valence-electron chi connectivity index (χ0n) is 15.6. The number of benzene rings is 1. The van der Waals surface area contributed by atoms with Gasteiger partial charge in [0, 0.05) is 18.6 Å². The van der Waals surface area contributed by atoms with E-state index in [0.29, 0.717) is 30.4 Å². The molecule has 0 radical (unpaired) electrons. The molecule has 7 heteroatoms. The van der Waals surface area contributed by atoms with Crippen LogP contribution in [0, 0.1) is 0 Å². The van der Waals surface area contributed by atoms with Crippen molar-refractivity contribution in [2.75, 3.05) is 29.0 Å². The molecule has 0 amide bonds. The van der Waals surface area contributed by atoms with E-state index in [4.69, 9.17) is 5.73 Å². The zero-order chi connectivity index (χ0) is 18.4. The Balaban J connectivity index is 1.68. The third-order valence-electron chi connectivity index (χ3n) is 4.35. The van der Waals surface area contributed by atoms with Gasteiger partial charge in [-0.15, -0.1) is 0 Å². The van der Waals surface area contributed by atoms with E-state index in [0.717, 1.165) is 32.2 Å². The summed E-state index contributed by atoms with van der Waals surface area (Å²) in [6.45, 7) is 5.64. The lowest BCUT2D eigenvalue weighted by molar-refractivity contribution is 0.753. The lowest BCUT2D eigenvalue weighted by Gasteiger charge is -2.15. The Labute approximate surface area is 155 Å². The van der Waals surface area contributed by atoms with Gasteiger partial charge in [-0.3, -0.25) is 0 Å². The summed E-state index contributed by atoms with van der Waals surface area (Å²) in [4.78, 5) is 13.6. The quantitative estimate of drug-likeness (QED) is 0.513. The molecule has 0 saturated heterocycles. The molecular formula is C19H29N7. The van der Waals surface area contributed by atoms with E-state index in [2.05, 4.69) is 69.0 Å². The van der Waals surface area contributed by atoms with Crippen LogP contribution in [0.3, 0.4) is 0 Å². The number of nitrogens with one attached hydrogen (secondary N) is 3. The van der Waals surface area contributed by atoms with Crippen molar-refractivity contribution in [1.29, 1.82) is 0 Å². The van der Waals surface area contributed by atoms with Crippen LogP contribution in [0.2, 0.25) is 0 Å². The van der Waals surface area contributed by atoms with Gasteiger partial charge in [-0.05, 0) is 57.2 Å². The number of nitrogens with zero attached hydrogens (tertiary/aromatic N) is 3. The molecule has 0 saturated carbocycles. The van der Waals surface area contributed by atoms with Crippen LogP contribution < -0.4 is 21.7 Å². The van der Waals surface area contributed by atoms with Crippen LogP contribution in [-0.4, -0.2) is 40.1 Å². The largest absolute Gasteiger partial charge is 0.354 e. The number of hydrogen-bond acceptors (Lipinski definition) is 7. The first-order chi connectivity index (χ1) is 12.6. The van der Waals surface area contributed by atoms with Gasteiger partial charge >= 0.3 is 0 Å². The second kappa shape index (κ2) is 8.80. The summed E-state index contributed by atoms with van der Waals surface area (Å²) in [6, 6.07) is 9.15. The van der Waals surface area contributed by atoms with Crippen molar-refractivity contribution in [2.45, 2.75) is 51.6 Å². The molecule has 1 heterocycles. The van der Waals surface area contributed by atoms with E-state index < -0.39 is 0 Å². The average molecular weight is 355 g/mol. The van der Waals surface area contributed by atoms with E-state index in [-0.39, 0.29) is 6.04 Å². The summed E-state index contributed by atoms with van der Waals surface area (Å²) in [5, 5.41) is 10.0. The fourth-order valence-electron chi connectivity index (χ4n) is 3.16. The van der Waals surface area contributed by atoms with Crippen molar-refractivity contribution in [3.05, 3.63) is 35.4 Å². The molecule has 3 rings (SSSR count). The first kappa shape index (κ1) is 18.4. The molecule has 2 aromatic rings. The highest BCUT2D eigenvalue weighted by molar-refractivity contribution is 5.45. The predicted octanol–water partition coefficient (Wildman–Crippen LogP) is 2.42. The molecule has 1 aromatic heterocycles. The molecule has 26 heavy (non-hydrogen) atoms. The molecule has 0 bridgehead atoms. The van der Waals surface area contributed by atoms with Crippen molar-refractivity contribution >= 4 is 17.8 Å². The molecule has 1 aromatic carbocycles. The molecular weight excluding hydrogens is 326 g/mol. The van der Waals surface area contributed by atoms with Gasteiger partial charge < -0.3 is 21.7 Å². The van der Waals surface area contributed by atoms with Crippen LogP contribution >= 0.6 is 0 Å². The first-order valence-electron chi connectivity index (χ1n) is 9.44. The third-order valence-corrected chi connectivity index (χ3v) is 4.35. The molecule has 0 atom stereocenters. The number of hydrogen-bond donors (Lipinski definition) is 4. The van der Waals surface area contributed by atoms with Crippen molar-refractivity contribution in [3.8, 4) is 0 Å². The summed E-state index contributed by atoms with van der Waals surface area (Å²) >= 11 is 0. The highest BCUT2D eigenvalue weighted by Gasteiger charge is 2.22. The minimum atomic E-state index is 0.256. The van der Waals surface area contributed by atoms with Crippen LogP contribution in [0.1, 0.15) is 37.8 Å². The van der Waals surface area contributed by atoms with Crippen LogP contribution in [0.15, 0.2) is 24.3 Å². The number of anilines is 3. The lowest BCUT2D eigenvalue weighted by atomic mass is 10.1. The molecule has 7 nitrogen and oxygen atoms in total. The van der Waals surface area contributed by atoms with Crippen LogP contribution in [0.4, 0.5) is 17.8 Å². The third kappa shape index (κ3) is 5.05. The topological polar surface area (TPSA) is 101 Å². The summed E-state index contributed by atoms with van der Waals surface area (Å²) in [6.07, 6.45) is 3.97. The highest BCUT2D eigenvalue weighted by atomic mass is 15.3. The van der Waals surface area contributed by atoms with Gasteiger partial charge in [-0.2, -0.15) is 15.0 Å². The maximum atomic E-state index is 5.55. The Hall–Kier alpha value is -2.41. The van der Waals surface area contributed by atoms with E-state index in [1.807, 2.05) is 0 Å². The number of nitrogens with two attached hydrogens (primary N) is 1. The smallest absolute Gasteiger partial charge is 0.229 e. The van der Waals surface area contributed by atoms with Crippen molar-refractivity contribution in [2.24, 2.45) is 5.73 Å². The average Bonchev–Trinajstić information content (AvgIpc) is 3.00.